The SMILES string of the molecule is NCc1ccc(S(=O)(=O)N2CCCC3CCCCC32)cc1. The van der Waals surface area contributed by atoms with E-state index >= 15 is 0 Å². The number of hydrogen-bond donors (Lipinski definition) is 1. The molecule has 0 amide bonds. The van der Waals surface area contributed by atoms with Crippen molar-refractivity contribution in [2.24, 2.45) is 11.7 Å². The Balaban J connectivity index is 1.88. The molecule has 1 saturated carbocycles. The summed E-state index contributed by atoms with van der Waals surface area (Å²) in [6.07, 6.45) is 6.78. The van der Waals surface area contributed by atoms with Gasteiger partial charge in [0.2, 0.25) is 10.0 Å². The van der Waals surface area contributed by atoms with Crippen molar-refractivity contribution < 1.29 is 8.42 Å². The van der Waals surface area contributed by atoms with Crippen molar-refractivity contribution in [3.8, 4) is 0 Å². The van der Waals surface area contributed by atoms with E-state index < -0.39 is 10.0 Å². The topological polar surface area (TPSA) is 63.4 Å². The third-order valence-corrected chi connectivity index (χ3v) is 6.90. The first kappa shape index (κ1) is 15.0. The number of hydrogen-bond acceptors (Lipinski definition) is 3. The number of nitrogens with zero attached hydrogens (tertiary/aromatic N) is 1. The third-order valence-electron chi connectivity index (χ3n) is 4.96. The van der Waals surface area contributed by atoms with Crippen LogP contribution in [0.4, 0.5) is 0 Å². The molecule has 2 N–H and O–H groups in total. The molecule has 0 radical (unpaired) electrons. The van der Waals surface area contributed by atoms with Crippen molar-refractivity contribution in [2.75, 3.05) is 6.54 Å². The molecule has 4 nitrogen and oxygen atoms in total. The van der Waals surface area contributed by atoms with E-state index in [4.69, 9.17) is 5.73 Å². The van der Waals surface area contributed by atoms with Crippen molar-refractivity contribution in [1.29, 1.82) is 0 Å². The molecule has 21 heavy (non-hydrogen) atoms. The average Bonchev–Trinajstić information content (AvgIpc) is 2.54. The van der Waals surface area contributed by atoms with Gasteiger partial charge in [-0.1, -0.05) is 25.0 Å². The number of fused-ring (bicyclic) bond motifs is 1. The van der Waals surface area contributed by atoms with Gasteiger partial charge in [-0.15, -0.1) is 0 Å². The van der Waals surface area contributed by atoms with Crippen molar-refractivity contribution in [1.82, 2.24) is 4.31 Å². The monoisotopic (exact) mass is 308 g/mol. The standard InChI is InChI=1S/C16H24N2O2S/c17-12-13-7-9-15(10-8-13)21(19,20)18-11-3-5-14-4-1-2-6-16(14)18/h7-10,14,16H,1-6,11-12,17H2. The zero-order valence-corrected chi connectivity index (χ0v) is 13.2. The number of rotatable bonds is 3. The van der Waals surface area contributed by atoms with Crippen LogP contribution in [-0.2, 0) is 16.6 Å². The Hall–Kier alpha value is -0.910. The van der Waals surface area contributed by atoms with Gasteiger partial charge in [0.15, 0.2) is 0 Å². The lowest BCUT2D eigenvalue weighted by atomic mass is 9.79. The van der Waals surface area contributed by atoms with Gasteiger partial charge in [-0.25, -0.2) is 8.42 Å². The summed E-state index contributed by atoms with van der Waals surface area (Å²) in [6.45, 7) is 1.11. The molecule has 1 aromatic rings. The van der Waals surface area contributed by atoms with Crippen LogP contribution in [-0.4, -0.2) is 25.3 Å². The molecule has 3 rings (SSSR count). The average molecular weight is 308 g/mol. The van der Waals surface area contributed by atoms with E-state index in [1.165, 1.54) is 19.3 Å². The lowest BCUT2D eigenvalue weighted by Crippen LogP contribution is -2.49. The van der Waals surface area contributed by atoms with E-state index in [0.717, 1.165) is 24.8 Å². The number of benzene rings is 1. The fourth-order valence-electron chi connectivity index (χ4n) is 3.81. The maximum absolute atomic E-state index is 12.9. The number of sulfonamides is 1. The van der Waals surface area contributed by atoms with Gasteiger partial charge in [0, 0.05) is 19.1 Å². The molecule has 1 heterocycles. The first-order valence-corrected chi connectivity index (χ1v) is 9.38. The van der Waals surface area contributed by atoms with Gasteiger partial charge in [-0.2, -0.15) is 4.31 Å². The molecule has 0 spiro atoms. The number of nitrogens with two attached hydrogens (primary N) is 1. The van der Waals surface area contributed by atoms with Gasteiger partial charge >= 0.3 is 0 Å². The van der Waals surface area contributed by atoms with Crippen molar-refractivity contribution in [3.63, 3.8) is 0 Å². The van der Waals surface area contributed by atoms with E-state index in [2.05, 4.69) is 0 Å². The Labute approximate surface area is 127 Å². The summed E-state index contributed by atoms with van der Waals surface area (Å²) in [7, 11) is -3.36. The Kier molecular flexibility index (Phi) is 4.33. The second kappa shape index (κ2) is 6.07. The summed E-state index contributed by atoms with van der Waals surface area (Å²) in [5.41, 5.74) is 6.54. The van der Waals surface area contributed by atoms with Crippen LogP contribution in [0.3, 0.4) is 0 Å². The highest BCUT2D eigenvalue weighted by Gasteiger charge is 2.39. The molecular weight excluding hydrogens is 284 g/mol. The fraction of sp³-hybridized carbons (Fsp3) is 0.625. The van der Waals surface area contributed by atoms with Crippen LogP contribution in [0, 0.1) is 5.92 Å². The van der Waals surface area contributed by atoms with E-state index in [0.29, 0.717) is 23.9 Å². The summed E-state index contributed by atoms with van der Waals surface area (Å²) in [5.74, 6) is 0.561. The summed E-state index contributed by atoms with van der Waals surface area (Å²) >= 11 is 0. The van der Waals surface area contributed by atoms with Gasteiger partial charge in [0.05, 0.1) is 4.90 Å². The molecule has 5 heteroatoms. The molecular formula is C16H24N2O2S. The zero-order chi connectivity index (χ0) is 14.9. The number of piperidine rings is 1. The van der Waals surface area contributed by atoms with Crippen molar-refractivity contribution in [2.45, 2.75) is 56.0 Å². The predicted octanol–water partition coefficient (Wildman–Crippen LogP) is 2.49. The molecule has 1 aliphatic heterocycles. The second-order valence-electron chi connectivity index (χ2n) is 6.22. The molecule has 1 aliphatic carbocycles. The van der Waals surface area contributed by atoms with E-state index in [-0.39, 0.29) is 6.04 Å². The van der Waals surface area contributed by atoms with Crippen LogP contribution >= 0.6 is 0 Å². The van der Waals surface area contributed by atoms with Crippen LogP contribution in [0.1, 0.15) is 44.1 Å². The van der Waals surface area contributed by atoms with Crippen LogP contribution in [0.2, 0.25) is 0 Å². The maximum Gasteiger partial charge on any atom is 0.243 e. The first-order chi connectivity index (χ1) is 10.1. The molecule has 116 valence electrons. The third kappa shape index (κ3) is 2.87. The van der Waals surface area contributed by atoms with Crippen molar-refractivity contribution in [3.05, 3.63) is 29.8 Å². The van der Waals surface area contributed by atoms with Gasteiger partial charge in [0.1, 0.15) is 0 Å². The minimum Gasteiger partial charge on any atom is -0.326 e. The Morgan fingerprint density at radius 1 is 1.05 bits per heavy atom. The van der Waals surface area contributed by atoms with E-state index in [9.17, 15) is 8.42 Å². The highest BCUT2D eigenvalue weighted by Crippen LogP contribution is 2.37. The molecule has 0 aromatic heterocycles. The normalized spacial score (nSPS) is 27.3. The Bertz CT molecular complexity index is 581. The molecule has 2 atom stereocenters. The van der Waals surface area contributed by atoms with Crippen LogP contribution < -0.4 is 5.73 Å². The molecule has 1 aromatic carbocycles. The smallest absolute Gasteiger partial charge is 0.243 e. The minimum atomic E-state index is -3.36. The zero-order valence-electron chi connectivity index (χ0n) is 12.4. The van der Waals surface area contributed by atoms with Gasteiger partial charge in [-0.3, -0.25) is 0 Å². The summed E-state index contributed by atoms with van der Waals surface area (Å²) < 4.78 is 27.6. The van der Waals surface area contributed by atoms with Crippen LogP contribution in [0.25, 0.3) is 0 Å². The van der Waals surface area contributed by atoms with Gasteiger partial charge in [0.25, 0.3) is 0 Å². The lowest BCUT2D eigenvalue weighted by molar-refractivity contribution is 0.129. The summed E-state index contributed by atoms with van der Waals surface area (Å²) in [5, 5.41) is 0. The quantitative estimate of drug-likeness (QED) is 0.933. The molecule has 2 aliphatic rings. The van der Waals surface area contributed by atoms with E-state index in [1.807, 2.05) is 12.1 Å². The van der Waals surface area contributed by atoms with Crippen molar-refractivity contribution >= 4 is 10.0 Å². The highest BCUT2D eigenvalue weighted by atomic mass is 32.2. The lowest BCUT2D eigenvalue weighted by Gasteiger charge is -2.43. The molecule has 1 saturated heterocycles. The largest absolute Gasteiger partial charge is 0.326 e. The van der Waals surface area contributed by atoms with Crippen LogP contribution in [0.15, 0.2) is 29.2 Å². The summed E-state index contributed by atoms with van der Waals surface area (Å²) in [4.78, 5) is 0.408. The van der Waals surface area contributed by atoms with Crippen LogP contribution in [0.5, 0.6) is 0 Å². The molecule has 2 unspecified atom stereocenters. The van der Waals surface area contributed by atoms with E-state index in [1.54, 1.807) is 16.4 Å². The Morgan fingerprint density at radius 3 is 2.43 bits per heavy atom. The van der Waals surface area contributed by atoms with Gasteiger partial charge < -0.3 is 5.73 Å². The minimum absolute atomic E-state index is 0.215. The molecule has 2 fully saturated rings. The fourth-order valence-corrected chi connectivity index (χ4v) is 5.56. The van der Waals surface area contributed by atoms with Gasteiger partial charge in [-0.05, 0) is 49.3 Å². The molecule has 0 bridgehead atoms. The maximum atomic E-state index is 12.9. The predicted molar refractivity (Wildman–Crippen MR) is 83.2 cm³/mol. The highest BCUT2D eigenvalue weighted by molar-refractivity contribution is 7.89. The second-order valence-corrected chi connectivity index (χ2v) is 8.11. The Morgan fingerprint density at radius 2 is 1.71 bits per heavy atom. The summed E-state index contributed by atoms with van der Waals surface area (Å²) in [6, 6.07) is 7.24. The first-order valence-electron chi connectivity index (χ1n) is 7.94.